The molecule has 0 radical (unpaired) electrons. The van der Waals surface area contributed by atoms with E-state index in [-0.39, 0.29) is 13.0 Å². The van der Waals surface area contributed by atoms with E-state index in [1.165, 1.54) is 0 Å². The van der Waals surface area contributed by atoms with Crippen LogP contribution in [0.4, 0.5) is 5.69 Å². The number of nitrogens with zero attached hydrogens (tertiary/aromatic N) is 1. The third-order valence-corrected chi connectivity index (χ3v) is 3.60. The Morgan fingerprint density at radius 1 is 1.30 bits per heavy atom. The average Bonchev–Trinajstić information content (AvgIpc) is 2.84. The van der Waals surface area contributed by atoms with Crippen LogP contribution in [-0.2, 0) is 20.7 Å². The number of carbonyl (C=O) groups excluding carboxylic acids is 2. The van der Waals surface area contributed by atoms with Gasteiger partial charge in [0.05, 0.1) is 16.4 Å². The van der Waals surface area contributed by atoms with Crippen molar-refractivity contribution >= 4 is 29.2 Å². The molecule has 0 bridgehead atoms. The minimum atomic E-state index is -0.459. The zero-order valence-corrected chi connectivity index (χ0v) is 13.6. The fourth-order valence-corrected chi connectivity index (χ4v) is 2.24. The molecular weight excluding hydrogens is 320 g/mol. The van der Waals surface area contributed by atoms with E-state index >= 15 is 0 Å². The molecule has 1 heterocycles. The first-order valence-electron chi connectivity index (χ1n) is 7.09. The number of carbonyl (C=O) groups is 2. The summed E-state index contributed by atoms with van der Waals surface area (Å²) in [6.45, 7) is 3.25. The number of para-hydroxylation sites is 1. The molecule has 0 saturated heterocycles. The lowest BCUT2D eigenvalue weighted by atomic mass is 10.1. The first kappa shape index (κ1) is 17.0. The van der Waals surface area contributed by atoms with Crippen molar-refractivity contribution in [1.29, 1.82) is 0 Å². The van der Waals surface area contributed by atoms with E-state index in [1.807, 2.05) is 6.92 Å². The third-order valence-electron chi connectivity index (χ3n) is 3.27. The molecule has 0 unspecified atom stereocenters. The lowest BCUT2D eigenvalue weighted by Gasteiger charge is -2.07. The number of aromatic nitrogens is 1. The zero-order valence-electron chi connectivity index (χ0n) is 12.9. The zero-order chi connectivity index (χ0) is 16.8. The number of anilines is 1. The molecule has 1 amide bonds. The summed E-state index contributed by atoms with van der Waals surface area (Å²) in [6.07, 6.45) is 0.619. The van der Waals surface area contributed by atoms with Gasteiger partial charge in [-0.15, -0.1) is 0 Å². The highest BCUT2D eigenvalue weighted by Gasteiger charge is 2.13. The number of hydrogen-bond acceptors (Lipinski definition) is 5. The van der Waals surface area contributed by atoms with Crippen molar-refractivity contribution in [1.82, 2.24) is 5.16 Å². The van der Waals surface area contributed by atoms with Gasteiger partial charge in [-0.05, 0) is 32.4 Å². The van der Waals surface area contributed by atoms with Crippen LogP contribution in [0.1, 0.15) is 23.4 Å². The number of halogens is 1. The van der Waals surface area contributed by atoms with Crippen molar-refractivity contribution in [2.24, 2.45) is 0 Å². The van der Waals surface area contributed by atoms with Gasteiger partial charge in [-0.1, -0.05) is 28.9 Å². The molecule has 2 rings (SSSR count). The van der Waals surface area contributed by atoms with Crippen molar-refractivity contribution in [3.8, 4) is 0 Å². The summed E-state index contributed by atoms with van der Waals surface area (Å²) in [7, 11) is 0. The van der Waals surface area contributed by atoms with Crippen molar-refractivity contribution in [2.45, 2.75) is 26.7 Å². The maximum Gasteiger partial charge on any atom is 0.306 e. The second kappa shape index (κ2) is 7.78. The Kier molecular flexibility index (Phi) is 5.76. The summed E-state index contributed by atoms with van der Waals surface area (Å²) in [6, 6.07) is 6.83. The molecule has 1 aromatic heterocycles. The highest BCUT2D eigenvalue weighted by molar-refractivity contribution is 6.33. The third kappa shape index (κ3) is 4.82. The summed E-state index contributed by atoms with van der Waals surface area (Å²) in [5.74, 6) is -0.213. The molecule has 0 fully saturated rings. The minimum Gasteiger partial charge on any atom is -0.456 e. The lowest BCUT2D eigenvalue weighted by molar-refractivity contribution is -0.147. The molecule has 0 aliphatic heterocycles. The van der Waals surface area contributed by atoms with E-state index in [9.17, 15) is 9.59 Å². The average molecular weight is 337 g/mol. The van der Waals surface area contributed by atoms with Crippen molar-refractivity contribution < 1.29 is 18.8 Å². The molecule has 0 spiro atoms. The second-order valence-electron chi connectivity index (χ2n) is 4.99. The fraction of sp³-hybridized carbons (Fsp3) is 0.312. The van der Waals surface area contributed by atoms with E-state index in [1.54, 1.807) is 31.2 Å². The van der Waals surface area contributed by atoms with Gasteiger partial charge in [0.15, 0.2) is 6.61 Å². The van der Waals surface area contributed by atoms with E-state index in [2.05, 4.69) is 10.5 Å². The largest absolute Gasteiger partial charge is 0.456 e. The van der Waals surface area contributed by atoms with Crippen LogP contribution in [0, 0.1) is 13.8 Å². The predicted octanol–water partition coefficient (Wildman–Crippen LogP) is 3.06. The quantitative estimate of drug-likeness (QED) is 0.820. The predicted molar refractivity (Wildman–Crippen MR) is 85.3 cm³/mol. The summed E-state index contributed by atoms with van der Waals surface area (Å²) in [5, 5.41) is 6.82. The van der Waals surface area contributed by atoms with Gasteiger partial charge in [0.25, 0.3) is 5.91 Å². The number of amides is 1. The molecule has 1 aromatic carbocycles. The first-order valence-corrected chi connectivity index (χ1v) is 7.47. The van der Waals surface area contributed by atoms with Gasteiger partial charge in [0.1, 0.15) is 5.76 Å². The number of aryl methyl sites for hydroxylation is 2. The molecule has 0 saturated carbocycles. The van der Waals surface area contributed by atoms with Crippen LogP contribution >= 0.6 is 11.6 Å². The van der Waals surface area contributed by atoms with Crippen LogP contribution < -0.4 is 5.32 Å². The molecule has 2 aromatic rings. The molecule has 0 aliphatic carbocycles. The van der Waals surface area contributed by atoms with Crippen LogP contribution in [0.3, 0.4) is 0 Å². The van der Waals surface area contributed by atoms with Crippen molar-refractivity contribution in [2.75, 3.05) is 11.9 Å². The second-order valence-corrected chi connectivity index (χ2v) is 5.40. The lowest BCUT2D eigenvalue weighted by Crippen LogP contribution is -2.21. The molecule has 122 valence electrons. The molecule has 0 aliphatic rings. The van der Waals surface area contributed by atoms with Crippen LogP contribution in [0.25, 0.3) is 0 Å². The van der Waals surface area contributed by atoms with Gasteiger partial charge in [-0.3, -0.25) is 9.59 Å². The normalized spacial score (nSPS) is 10.4. The molecule has 7 heteroatoms. The Morgan fingerprint density at radius 3 is 2.70 bits per heavy atom. The van der Waals surface area contributed by atoms with E-state index in [4.69, 9.17) is 20.9 Å². The molecule has 23 heavy (non-hydrogen) atoms. The molecule has 6 nitrogen and oxygen atoms in total. The monoisotopic (exact) mass is 336 g/mol. The highest BCUT2D eigenvalue weighted by Crippen LogP contribution is 2.20. The van der Waals surface area contributed by atoms with Gasteiger partial charge >= 0.3 is 5.97 Å². The van der Waals surface area contributed by atoms with Crippen LogP contribution in [-0.4, -0.2) is 23.6 Å². The van der Waals surface area contributed by atoms with Crippen LogP contribution in [0.5, 0.6) is 0 Å². The van der Waals surface area contributed by atoms with Gasteiger partial charge < -0.3 is 14.6 Å². The number of esters is 1. The van der Waals surface area contributed by atoms with Gasteiger partial charge in [-0.25, -0.2) is 0 Å². The Bertz CT molecular complexity index is 692. The SMILES string of the molecule is Cc1noc(C)c1CCC(=O)OCC(=O)Nc1ccccc1Cl. The number of rotatable bonds is 6. The van der Waals surface area contributed by atoms with E-state index in [0.717, 1.165) is 11.3 Å². The van der Waals surface area contributed by atoms with Crippen LogP contribution in [0.2, 0.25) is 5.02 Å². The van der Waals surface area contributed by atoms with Gasteiger partial charge in [0.2, 0.25) is 0 Å². The maximum absolute atomic E-state index is 11.7. The smallest absolute Gasteiger partial charge is 0.306 e. The Balaban J connectivity index is 1.76. The fourth-order valence-electron chi connectivity index (χ4n) is 2.05. The Morgan fingerprint density at radius 2 is 2.04 bits per heavy atom. The van der Waals surface area contributed by atoms with Gasteiger partial charge in [-0.2, -0.15) is 0 Å². The number of benzene rings is 1. The number of hydrogen-bond donors (Lipinski definition) is 1. The highest BCUT2D eigenvalue weighted by atomic mass is 35.5. The van der Waals surface area contributed by atoms with Crippen molar-refractivity contribution in [3.63, 3.8) is 0 Å². The number of ether oxygens (including phenoxy) is 1. The topological polar surface area (TPSA) is 81.4 Å². The van der Waals surface area contributed by atoms with Crippen LogP contribution in [0.15, 0.2) is 28.8 Å². The molecular formula is C16H17ClN2O4. The summed E-state index contributed by atoms with van der Waals surface area (Å²) in [5.41, 5.74) is 2.13. The Hall–Kier alpha value is -2.34. The molecule has 1 N–H and O–H groups in total. The van der Waals surface area contributed by atoms with Crippen molar-refractivity contribution in [3.05, 3.63) is 46.3 Å². The summed E-state index contributed by atoms with van der Waals surface area (Å²) < 4.78 is 9.97. The summed E-state index contributed by atoms with van der Waals surface area (Å²) in [4.78, 5) is 23.4. The van der Waals surface area contributed by atoms with Gasteiger partial charge in [0, 0.05) is 12.0 Å². The first-order chi connectivity index (χ1) is 11.0. The van der Waals surface area contributed by atoms with E-state index < -0.39 is 11.9 Å². The van der Waals surface area contributed by atoms with E-state index in [0.29, 0.717) is 22.9 Å². The molecule has 0 atom stereocenters. The Labute approximate surface area is 138 Å². The number of nitrogens with one attached hydrogen (secondary N) is 1. The summed E-state index contributed by atoms with van der Waals surface area (Å²) >= 11 is 5.93. The standard InChI is InChI=1S/C16H17ClN2O4/c1-10-12(11(2)23-19-10)7-8-16(21)22-9-15(20)18-14-6-4-3-5-13(14)17/h3-6H,7-9H2,1-2H3,(H,18,20). The maximum atomic E-state index is 11.7. The minimum absolute atomic E-state index is 0.155.